The predicted molar refractivity (Wildman–Crippen MR) is 192 cm³/mol. The van der Waals surface area contributed by atoms with Crippen molar-refractivity contribution >= 4 is 121 Å². The third-order valence-corrected chi connectivity index (χ3v) is 10.7. The number of fused-ring (bicyclic) bond motifs is 1. The first-order valence-electron chi connectivity index (χ1n) is 13.7. The van der Waals surface area contributed by atoms with Gasteiger partial charge in [0.15, 0.2) is 0 Å². The maximum absolute atomic E-state index is 12.2. The van der Waals surface area contributed by atoms with E-state index in [0.29, 0.717) is 39.7 Å². The number of aromatic nitrogens is 3. The molecule has 0 aliphatic heterocycles. The highest BCUT2D eigenvalue weighted by Crippen LogP contribution is 2.32. The summed E-state index contributed by atoms with van der Waals surface area (Å²) in [5.74, 6) is 0.0745. The van der Waals surface area contributed by atoms with Crippen LogP contribution in [-0.4, -0.2) is 57.0 Å². The molecule has 5 N–H and O–H groups in total. The van der Waals surface area contributed by atoms with Crippen LogP contribution in [0.4, 0.5) is 40.3 Å². The van der Waals surface area contributed by atoms with Gasteiger partial charge in [0.2, 0.25) is 23.1 Å². The Bertz CT molecular complexity index is 2350. The van der Waals surface area contributed by atoms with Gasteiger partial charge in [0.1, 0.15) is 9.72 Å². The fraction of sp³-hybridized carbons (Fsp3) is 0.103. The molecule has 15 nitrogen and oxygen atoms in total. The van der Waals surface area contributed by atoms with Crippen LogP contribution in [0.1, 0.15) is 5.56 Å². The summed E-state index contributed by atoms with van der Waals surface area (Å²) in [5.41, 5.74) is 3.09. The number of halogens is 3. The van der Waals surface area contributed by atoms with Crippen LogP contribution in [0.2, 0.25) is 5.28 Å². The quantitative estimate of drug-likeness (QED) is 0.0495. The van der Waals surface area contributed by atoms with Crippen LogP contribution in [0.3, 0.4) is 0 Å². The van der Waals surface area contributed by atoms with Gasteiger partial charge in [0.25, 0.3) is 20.2 Å². The zero-order chi connectivity index (χ0) is 35.5. The van der Waals surface area contributed by atoms with Crippen molar-refractivity contribution in [2.75, 3.05) is 21.3 Å². The maximum Gasteiger partial charge on any atom is 0.295 e. The molecule has 0 radical (unpaired) electrons. The van der Waals surface area contributed by atoms with Crippen molar-refractivity contribution in [3.05, 3.63) is 83.6 Å². The molecule has 4 aromatic carbocycles. The number of azo groups is 1. The molecule has 0 fully saturated rings. The molecular formula is C29H23Br2ClN8O7S2. The fourth-order valence-electron chi connectivity index (χ4n) is 4.35. The largest absolute Gasteiger partial charge is 0.325 e. The number of hydrogen-bond acceptors (Lipinski definition) is 12. The first-order valence-corrected chi connectivity index (χ1v) is 19.0. The summed E-state index contributed by atoms with van der Waals surface area (Å²) in [5, 5.41) is 17.8. The van der Waals surface area contributed by atoms with Gasteiger partial charge in [-0.2, -0.15) is 42.0 Å². The summed E-state index contributed by atoms with van der Waals surface area (Å²) in [6, 6.07) is 18.0. The minimum absolute atomic E-state index is 0.0231. The number of anilines is 5. The van der Waals surface area contributed by atoms with E-state index in [1.165, 1.54) is 18.2 Å². The van der Waals surface area contributed by atoms with Crippen LogP contribution in [-0.2, 0) is 25.0 Å². The van der Waals surface area contributed by atoms with Gasteiger partial charge < -0.3 is 16.0 Å². The molecule has 0 bridgehead atoms. The van der Waals surface area contributed by atoms with Gasteiger partial charge in [0.05, 0.1) is 16.3 Å². The number of carbonyl (C=O) groups excluding carboxylic acids is 1. The van der Waals surface area contributed by atoms with Crippen molar-refractivity contribution in [2.45, 2.75) is 21.5 Å². The van der Waals surface area contributed by atoms with Crippen LogP contribution >= 0.6 is 43.5 Å². The lowest BCUT2D eigenvalue weighted by Crippen LogP contribution is -2.23. The second-order valence-electron chi connectivity index (χ2n) is 10.2. The van der Waals surface area contributed by atoms with Gasteiger partial charge in [0, 0.05) is 27.8 Å². The number of nitrogens with zero attached hydrogens (tertiary/aromatic N) is 5. The number of rotatable bonds is 11. The number of aryl methyl sites for hydroxylation is 1. The van der Waals surface area contributed by atoms with Gasteiger partial charge in [-0.3, -0.25) is 13.9 Å². The van der Waals surface area contributed by atoms with Gasteiger partial charge in [-0.05, 0) is 90.1 Å². The van der Waals surface area contributed by atoms with Crippen molar-refractivity contribution in [2.24, 2.45) is 10.2 Å². The fourth-order valence-corrected chi connectivity index (χ4v) is 6.27. The standard InChI is InChI=1S/C29H23Br2ClN8O7S2/c1-15-9-19(35-29-37-27(32)36-28(38-29)34-18-4-2-3-17(11-18)33-26(41)23(31)14-30)7-8-24(15)40-39-20-6-5-16-10-21(48(42,43)44)13-25(22(16)12-20)49(45,46)47/h2-13,23H,14H2,1H3,(H,33,41)(H,42,43,44)(H,45,46,47)(H2,34,35,36,37,38). The molecule has 1 heterocycles. The van der Waals surface area contributed by atoms with Crippen LogP contribution in [0.15, 0.2) is 92.8 Å². The van der Waals surface area contributed by atoms with E-state index >= 15 is 0 Å². The van der Waals surface area contributed by atoms with Crippen LogP contribution in [0.25, 0.3) is 10.8 Å². The van der Waals surface area contributed by atoms with E-state index in [2.05, 4.69) is 73.0 Å². The van der Waals surface area contributed by atoms with E-state index < -0.39 is 34.9 Å². The monoisotopic (exact) mass is 852 g/mol. The Morgan fingerprint density at radius 3 is 2.16 bits per heavy atom. The zero-order valence-electron chi connectivity index (χ0n) is 24.8. The summed E-state index contributed by atoms with van der Waals surface area (Å²) in [4.78, 5) is 23.0. The van der Waals surface area contributed by atoms with Crippen molar-refractivity contribution in [1.82, 2.24) is 15.0 Å². The molecule has 1 aromatic heterocycles. The number of alkyl halides is 2. The molecule has 1 unspecified atom stereocenters. The maximum atomic E-state index is 12.2. The lowest BCUT2D eigenvalue weighted by atomic mass is 10.1. The van der Waals surface area contributed by atoms with E-state index in [0.717, 1.165) is 6.07 Å². The molecule has 1 atom stereocenters. The third-order valence-electron chi connectivity index (χ3n) is 6.59. The topological polar surface area (TPSA) is 225 Å². The zero-order valence-corrected chi connectivity index (χ0v) is 30.4. The first kappa shape index (κ1) is 36.2. The normalized spacial score (nSPS) is 12.6. The smallest absolute Gasteiger partial charge is 0.295 e. The lowest BCUT2D eigenvalue weighted by Gasteiger charge is -2.11. The number of amides is 1. The molecule has 0 aliphatic rings. The highest BCUT2D eigenvalue weighted by atomic mass is 79.9. The van der Waals surface area contributed by atoms with Crippen molar-refractivity contribution in [1.29, 1.82) is 0 Å². The Morgan fingerprint density at radius 1 is 0.857 bits per heavy atom. The summed E-state index contributed by atoms with van der Waals surface area (Å²) < 4.78 is 66.3. The van der Waals surface area contributed by atoms with E-state index in [-0.39, 0.29) is 39.5 Å². The van der Waals surface area contributed by atoms with Crippen molar-refractivity contribution in [3.8, 4) is 0 Å². The van der Waals surface area contributed by atoms with Crippen LogP contribution in [0.5, 0.6) is 0 Å². The summed E-state index contributed by atoms with van der Waals surface area (Å²) in [6.07, 6.45) is 0. The summed E-state index contributed by atoms with van der Waals surface area (Å²) in [7, 11) is -9.61. The van der Waals surface area contributed by atoms with Crippen molar-refractivity contribution < 1.29 is 30.7 Å². The Morgan fingerprint density at radius 2 is 1.53 bits per heavy atom. The molecule has 20 heteroatoms. The first-order chi connectivity index (χ1) is 23.1. The minimum Gasteiger partial charge on any atom is -0.325 e. The van der Waals surface area contributed by atoms with Gasteiger partial charge in [-0.1, -0.05) is 44.0 Å². The SMILES string of the molecule is Cc1cc(Nc2nc(Cl)nc(Nc3cccc(NC(=O)C(Br)CBr)c3)n2)ccc1N=Nc1ccc2cc(S(=O)(=O)O)cc(S(=O)(=O)O)c2c1. The van der Waals surface area contributed by atoms with Gasteiger partial charge in [-0.25, -0.2) is 0 Å². The Hall–Kier alpha value is -4.11. The summed E-state index contributed by atoms with van der Waals surface area (Å²) >= 11 is 12.7. The molecule has 0 saturated heterocycles. The van der Waals surface area contributed by atoms with Crippen LogP contribution < -0.4 is 16.0 Å². The van der Waals surface area contributed by atoms with Gasteiger partial charge >= 0.3 is 0 Å². The molecule has 0 spiro atoms. The van der Waals surface area contributed by atoms with Gasteiger partial charge in [-0.15, -0.1) is 0 Å². The molecule has 254 valence electrons. The number of hydrogen-bond donors (Lipinski definition) is 5. The highest BCUT2D eigenvalue weighted by molar-refractivity contribution is 9.12. The second kappa shape index (κ2) is 14.8. The van der Waals surface area contributed by atoms with E-state index in [1.807, 2.05) is 0 Å². The van der Waals surface area contributed by atoms with E-state index in [4.69, 9.17) is 11.6 Å². The molecular weight excluding hydrogens is 832 g/mol. The Labute approximate surface area is 301 Å². The lowest BCUT2D eigenvalue weighted by molar-refractivity contribution is -0.115. The molecule has 0 aliphatic carbocycles. The summed E-state index contributed by atoms with van der Waals surface area (Å²) in [6.45, 7) is 1.78. The Kier molecular flexibility index (Phi) is 10.9. The van der Waals surface area contributed by atoms with E-state index in [9.17, 15) is 30.7 Å². The Balaban J connectivity index is 1.33. The average molecular weight is 855 g/mol. The van der Waals surface area contributed by atoms with Crippen molar-refractivity contribution in [3.63, 3.8) is 0 Å². The average Bonchev–Trinajstić information content (AvgIpc) is 3.02. The molecule has 49 heavy (non-hydrogen) atoms. The predicted octanol–water partition coefficient (Wildman–Crippen LogP) is 7.48. The third kappa shape index (κ3) is 9.32. The molecule has 5 aromatic rings. The molecule has 0 saturated carbocycles. The van der Waals surface area contributed by atoms with Crippen LogP contribution in [0, 0.1) is 6.92 Å². The minimum atomic E-state index is -4.86. The molecule has 1 amide bonds. The highest BCUT2D eigenvalue weighted by Gasteiger charge is 2.21. The number of nitrogens with one attached hydrogen (secondary N) is 3. The second-order valence-corrected chi connectivity index (χ2v) is 15.1. The number of carbonyl (C=O) groups is 1. The van der Waals surface area contributed by atoms with E-state index in [1.54, 1.807) is 49.4 Å². The molecule has 5 rings (SSSR count). The number of benzene rings is 4.